The number of hydrogen-bond acceptors (Lipinski definition) is 3. The SMILES string of the molecule is C=CCN1C(=O)C(CC(C)C)NC12CCN(C(=O)C1CCCC1)CC2. The number of carbonyl (C=O) groups excluding carboxylic acids is 2. The van der Waals surface area contributed by atoms with Crippen LogP contribution in [0.2, 0.25) is 0 Å². The van der Waals surface area contributed by atoms with Gasteiger partial charge in [-0.25, -0.2) is 0 Å². The van der Waals surface area contributed by atoms with Gasteiger partial charge in [0.2, 0.25) is 11.8 Å². The highest BCUT2D eigenvalue weighted by molar-refractivity contribution is 5.85. The summed E-state index contributed by atoms with van der Waals surface area (Å²) in [5, 5.41) is 3.64. The Labute approximate surface area is 151 Å². The molecule has 0 aromatic rings. The maximum Gasteiger partial charge on any atom is 0.241 e. The van der Waals surface area contributed by atoms with Crippen molar-refractivity contribution in [1.82, 2.24) is 15.1 Å². The van der Waals surface area contributed by atoms with Crippen molar-refractivity contribution < 1.29 is 9.59 Å². The number of amides is 2. The van der Waals surface area contributed by atoms with Gasteiger partial charge < -0.3 is 9.80 Å². The van der Waals surface area contributed by atoms with Crippen LogP contribution in [0.25, 0.3) is 0 Å². The molecule has 2 heterocycles. The van der Waals surface area contributed by atoms with Crippen LogP contribution in [0.15, 0.2) is 12.7 Å². The summed E-state index contributed by atoms with van der Waals surface area (Å²) in [5.41, 5.74) is -0.294. The molecule has 1 spiro atoms. The van der Waals surface area contributed by atoms with Crippen molar-refractivity contribution in [2.24, 2.45) is 11.8 Å². The fraction of sp³-hybridized carbons (Fsp3) is 0.800. The molecular formula is C20H33N3O2. The molecule has 3 rings (SSSR count). The number of piperidine rings is 1. The van der Waals surface area contributed by atoms with E-state index in [1.807, 2.05) is 15.9 Å². The van der Waals surface area contributed by atoms with Crippen LogP contribution in [0, 0.1) is 11.8 Å². The minimum absolute atomic E-state index is 0.1000. The first kappa shape index (κ1) is 18.4. The van der Waals surface area contributed by atoms with Crippen LogP contribution < -0.4 is 5.32 Å². The maximum atomic E-state index is 12.9. The lowest BCUT2D eigenvalue weighted by Gasteiger charge is -2.45. The summed E-state index contributed by atoms with van der Waals surface area (Å²) >= 11 is 0. The van der Waals surface area contributed by atoms with Gasteiger partial charge in [-0.05, 0) is 25.2 Å². The maximum absolute atomic E-state index is 12.9. The van der Waals surface area contributed by atoms with Gasteiger partial charge in [0.25, 0.3) is 0 Å². The van der Waals surface area contributed by atoms with Crippen molar-refractivity contribution in [1.29, 1.82) is 0 Å². The summed E-state index contributed by atoms with van der Waals surface area (Å²) in [6.45, 7) is 10.2. The van der Waals surface area contributed by atoms with Crippen LogP contribution in [0.3, 0.4) is 0 Å². The summed E-state index contributed by atoms with van der Waals surface area (Å²) in [7, 11) is 0. The van der Waals surface area contributed by atoms with Crippen molar-refractivity contribution in [2.75, 3.05) is 19.6 Å². The minimum atomic E-state index is -0.294. The number of nitrogens with zero attached hydrogens (tertiary/aromatic N) is 2. The smallest absolute Gasteiger partial charge is 0.241 e. The molecule has 1 saturated carbocycles. The molecule has 2 aliphatic heterocycles. The first-order chi connectivity index (χ1) is 12.0. The lowest BCUT2D eigenvalue weighted by Crippen LogP contribution is -2.60. The molecular weight excluding hydrogens is 314 g/mol. The van der Waals surface area contributed by atoms with E-state index in [0.29, 0.717) is 18.4 Å². The zero-order chi connectivity index (χ0) is 18.0. The fourth-order valence-electron chi connectivity index (χ4n) is 4.83. The predicted molar refractivity (Wildman–Crippen MR) is 98.8 cm³/mol. The Morgan fingerprint density at radius 1 is 1.32 bits per heavy atom. The zero-order valence-corrected chi connectivity index (χ0v) is 15.8. The number of carbonyl (C=O) groups is 2. The average Bonchev–Trinajstić information content (AvgIpc) is 3.19. The third-order valence-corrected chi connectivity index (χ3v) is 6.15. The van der Waals surface area contributed by atoms with Gasteiger partial charge in [0.15, 0.2) is 0 Å². The topological polar surface area (TPSA) is 52.7 Å². The van der Waals surface area contributed by atoms with E-state index >= 15 is 0 Å². The van der Waals surface area contributed by atoms with E-state index in [0.717, 1.165) is 45.2 Å². The zero-order valence-electron chi connectivity index (χ0n) is 15.8. The van der Waals surface area contributed by atoms with Crippen molar-refractivity contribution in [3.05, 3.63) is 12.7 Å². The molecule has 3 fully saturated rings. The van der Waals surface area contributed by atoms with Gasteiger partial charge in [0.1, 0.15) is 0 Å². The van der Waals surface area contributed by atoms with Crippen LogP contribution >= 0.6 is 0 Å². The van der Waals surface area contributed by atoms with Crippen LogP contribution in [0.4, 0.5) is 0 Å². The highest BCUT2D eigenvalue weighted by atomic mass is 16.2. The van der Waals surface area contributed by atoms with Gasteiger partial charge in [-0.3, -0.25) is 14.9 Å². The Hall–Kier alpha value is -1.36. The number of nitrogens with one attached hydrogen (secondary N) is 1. The first-order valence-corrected chi connectivity index (χ1v) is 9.96. The van der Waals surface area contributed by atoms with E-state index in [9.17, 15) is 9.59 Å². The first-order valence-electron chi connectivity index (χ1n) is 9.96. The number of hydrogen-bond donors (Lipinski definition) is 1. The van der Waals surface area contributed by atoms with Gasteiger partial charge in [0, 0.05) is 38.4 Å². The van der Waals surface area contributed by atoms with Gasteiger partial charge in [-0.15, -0.1) is 6.58 Å². The van der Waals surface area contributed by atoms with Crippen LogP contribution in [-0.2, 0) is 9.59 Å². The Morgan fingerprint density at radius 2 is 1.96 bits per heavy atom. The number of likely N-dealkylation sites (tertiary alicyclic amines) is 1. The van der Waals surface area contributed by atoms with Crippen LogP contribution in [0.1, 0.15) is 58.8 Å². The molecule has 0 bridgehead atoms. The van der Waals surface area contributed by atoms with Crippen LogP contribution in [0.5, 0.6) is 0 Å². The minimum Gasteiger partial charge on any atom is -0.342 e. The second kappa shape index (κ2) is 7.48. The highest BCUT2D eigenvalue weighted by Gasteiger charge is 2.51. The Morgan fingerprint density at radius 3 is 2.52 bits per heavy atom. The lowest BCUT2D eigenvalue weighted by molar-refractivity contribution is -0.139. The van der Waals surface area contributed by atoms with Gasteiger partial charge in [-0.2, -0.15) is 0 Å². The van der Waals surface area contributed by atoms with Crippen LogP contribution in [-0.4, -0.2) is 53.0 Å². The largest absolute Gasteiger partial charge is 0.342 e. The summed E-state index contributed by atoms with van der Waals surface area (Å²) in [5.74, 6) is 1.26. The molecule has 1 atom stereocenters. The fourth-order valence-corrected chi connectivity index (χ4v) is 4.83. The molecule has 3 aliphatic rings. The molecule has 0 aromatic heterocycles. The lowest BCUT2D eigenvalue weighted by atomic mass is 9.94. The third kappa shape index (κ3) is 3.62. The molecule has 25 heavy (non-hydrogen) atoms. The molecule has 5 nitrogen and oxygen atoms in total. The Kier molecular flexibility index (Phi) is 5.52. The van der Waals surface area contributed by atoms with E-state index in [4.69, 9.17) is 0 Å². The second-order valence-corrected chi connectivity index (χ2v) is 8.40. The molecule has 1 unspecified atom stereocenters. The summed E-state index contributed by atoms with van der Waals surface area (Å²) < 4.78 is 0. The monoisotopic (exact) mass is 347 g/mol. The molecule has 0 aromatic carbocycles. The molecule has 140 valence electrons. The molecule has 5 heteroatoms. The normalized spacial score (nSPS) is 26.8. The second-order valence-electron chi connectivity index (χ2n) is 8.40. The van der Waals surface area contributed by atoms with Crippen molar-refractivity contribution in [3.8, 4) is 0 Å². The van der Waals surface area contributed by atoms with E-state index in [2.05, 4.69) is 25.7 Å². The molecule has 1 N–H and O–H groups in total. The summed E-state index contributed by atoms with van der Waals surface area (Å²) in [6.07, 6.45) is 8.79. The summed E-state index contributed by atoms with van der Waals surface area (Å²) in [6, 6.07) is -0.1000. The predicted octanol–water partition coefficient (Wildman–Crippen LogP) is 2.53. The quantitative estimate of drug-likeness (QED) is 0.778. The van der Waals surface area contributed by atoms with Crippen molar-refractivity contribution in [2.45, 2.75) is 70.5 Å². The molecule has 0 radical (unpaired) electrons. The van der Waals surface area contributed by atoms with E-state index < -0.39 is 0 Å². The van der Waals surface area contributed by atoms with Crippen molar-refractivity contribution >= 4 is 11.8 Å². The standard InChI is InChI=1S/C20H33N3O2/c1-4-11-23-19(25)17(14-15(2)3)21-20(23)9-12-22(13-10-20)18(24)16-7-5-6-8-16/h4,15-17,21H,1,5-14H2,2-3H3. The third-order valence-electron chi connectivity index (χ3n) is 6.15. The number of rotatable bonds is 5. The van der Waals surface area contributed by atoms with E-state index in [1.54, 1.807) is 0 Å². The molecule has 2 amide bonds. The van der Waals surface area contributed by atoms with E-state index in [1.165, 1.54) is 12.8 Å². The Bertz CT molecular complexity index is 517. The molecule has 1 aliphatic carbocycles. The Balaban J connectivity index is 1.67. The molecule has 2 saturated heterocycles. The van der Waals surface area contributed by atoms with Gasteiger partial charge >= 0.3 is 0 Å². The highest BCUT2D eigenvalue weighted by Crippen LogP contribution is 2.35. The van der Waals surface area contributed by atoms with Gasteiger partial charge in [-0.1, -0.05) is 32.8 Å². The average molecular weight is 348 g/mol. The van der Waals surface area contributed by atoms with Gasteiger partial charge in [0.05, 0.1) is 11.7 Å². The van der Waals surface area contributed by atoms with E-state index in [-0.39, 0.29) is 23.5 Å². The van der Waals surface area contributed by atoms with Crippen molar-refractivity contribution in [3.63, 3.8) is 0 Å². The summed E-state index contributed by atoms with van der Waals surface area (Å²) in [4.78, 5) is 29.6.